The number of amides is 1. The van der Waals surface area contributed by atoms with E-state index in [0.717, 1.165) is 5.56 Å². The van der Waals surface area contributed by atoms with Crippen LogP contribution in [0.15, 0.2) is 52.5 Å². The van der Waals surface area contributed by atoms with Gasteiger partial charge in [0.1, 0.15) is 0 Å². The van der Waals surface area contributed by atoms with Crippen molar-refractivity contribution in [3.05, 3.63) is 53.6 Å². The van der Waals surface area contributed by atoms with E-state index in [1.54, 1.807) is 12.3 Å². The standard InChI is InChI=1S/C24H31N3O5S/c1-17(2)19-7-5-18(6-8-19)16-25-26-24(28)20-11-13-27(14-12-20)33(29,30)21-9-10-22(31-3)23(15-21)32-4/h5-10,15-17,20H,11-14H2,1-4H3,(H,26,28)/b25-16-. The molecule has 0 saturated carbocycles. The summed E-state index contributed by atoms with van der Waals surface area (Å²) in [4.78, 5) is 12.6. The lowest BCUT2D eigenvalue weighted by atomic mass is 9.98. The molecule has 1 fully saturated rings. The molecule has 0 atom stereocenters. The molecule has 0 unspecified atom stereocenters. The van der Waals surface area contributed by atoms with Crippen molar-refractivity contribution in [2.75, 3.05) is 27.3 Å². The average molecular weight is 474 g/mol. The maximum absolute atomic E-state index is 13.0. The minimum atomic E-state index is -3.70. The number of hydrogen-bond acceptors (Lipinski definition) is 6. The van der Waals surface area contributed by atoms with Gasteiger partial charge in [-0.1, -0.05) is 38.1 Å². The lowest BCUT2D eigenvalue weighted by Crippen LogP contribution is -2.42. The van der Waals surface area contributed by atoms with Gasteiger partial charge in [-0.05, 0) is 42.0 Å². The number of sulfonamides is 1. The summed E-state index contributed by atoms with van der Waals surface area (Å²) in [6, 6.07) is 12.5. The maximum atomic E-state index is 13.0. The van der Waals surface area contributed by atoms with Crippen molar-refractivity contribution < 1.29 is 22.7 Å². The van der Waals surface area contributed by atoms with Gasteiger partial charge in [-0.2, -0.15) is 9.41 Å². The number of nitrogens with one attached hydrogen (secondary N) is 1. The average Bonchev–Trinajstić information content (AvgIpc) is 2.83. The largest absolute Gasteiger partial charge is 0.493 e. The van der Waals surface area contributed by atoms with Crippen molar-refractivity contribution in [2.24, 2.45) is 11.0 Å². The highest BCUT2D eigenvalue weighted by molar-refractivity contribution is 7.89. The number of rotatable bonds is 8. The third kappa shape index (κ3) is 5.91. The normalized spacial score (nSPS) is 15.7. The van der Waals surface area contributed by atoms with Gasteiger partial charge in [0.15, 0.2) is 11.5 Å². The van der Waals surface area contributed by atoms with Crippen LogP contribution < -0.4 is 14.9 Å². The summed E-state index contributed by atoms with van der Waals surface area (Å²) < 4.78 is 37.9. The molecule has 8 nitrogen and oxygen atoms in total. The molecule has 1 aliphatic rings. The molecule has 0 aromatic heterocycles. The first-order valence-electron chi connectivity index (χ1n) is 10.9. The fourth-order valence-corrected chi connectivity index (χ4v) is 5.20. The first-order valence-corrected chi connectivity index (χ1v) is 12.3. The lowest BCUT2D eigenvalue weighted by molar-refractivity contribution is -0.126. The molecule has 0 spiro atoms. The summed E-state index contributed by atoms with van der Waals surface area (Å²) in [5, 5.41) is 4.06. The van der Waals surface area contributed by atoms with Gasteiger partial charge < -0.3 is 9.47 Å². The van der Waals surface area contributed by atoms with E-state index in [-0.39, 0.29) is 29.8 Å². The van der Waals surface area contributed by atoms with E-state index in [2.05, 4.69) is 24.4 Å². The van der Waals surface area contributed by atoms with Gasteiger partial charge in [-0.25, -0.2) is 13.8 Å². The van der Waals surface area contributed by atoms with Gasteiger partial charge in [0.05, 0.1) is 25.3 Å². The van der Waals surface area contributed by atoms with Crippen LogP contribution in [0.3, 0.4) is 0 Å². The zero-order chi connectivity index (χ0) is 24.0. The fraction of sp³-hybridized carbons (Fsp3) is 0.417. The number of hydrazone groups is 1. The predicted octanol–water partition coefficient (Wildman–Crippen LogP) is 3.38. The zero-order valence-corrected chi connectivity index (χ0v) is 20.3. The smallest absolute Gasteiger partial charge is 0.243 e. The van der Waals surface area contributed by atoms with Gasteiger partial charge in [0.2, 0.25) is 15.9 Å². The molecule has 0 aliphatic carbocycles. The first kappa shape index (κ1) is 24.7. The number of nitrogens with zero attached hydrogens (tertiary/aromatic N) is 2. The molecule has 178 valence electrons. The third-order valence-electron chi connectivity index (χ3n) is 5.81. The van der Waals surface area contributed by atoms with Crippen molar-refractivity contribution in [2.45, 2.75) is 37.5 Å². The number of methoxy groups -OCH3 is 2. The number of hydrogen-bond donors (Lipinski definition) is 1. The molecule has 2 aromatic carbocycles. The molecule has 1 amide bonds. The summed E-state index contributed by atoms with van der Waals surface area (Å²) in [6.07, 6.45) is 2.46. The Labute approximate surface area is 195 Å². The number of piperidine rings is 1. The Bertz CT molecular complexity index is 1090. The topological polar surface area (TPSA) is 97.3 Å². The van der Waals surface area contributed by atoms with E-state index in [0.29, 0.717) is 30.3 Å². The number of carbonyl (C=O) groups excluding carboxylic acids is 1. The van der Waals surface area contributed by atoms with Crippen LogP contribution in [0.2, 0.25) is 0 Å². The molecule has 2 aromatic rings. The maximum Gasteiger partial charge on any atom is 0.243 e. The fourth-order valence-electron chi connectivity index (χ4n) is 3.71. The second-order valence-electron chi connectivity index (χ2n) is 8.25. The number of ether oxygens (including phenoxy) is 2. The van der Waals surface area contributed by atoms with Crippen LogP contribution in [0.1, 0.15) is 43.7 Å². The van der Waals surface area contributed by atoms with Crippen LogP contribution in [0, 0.1) is 5.92 Å². The number of benzene rings is 2. The Hall–Kier alpha value is -2.91. The zero-order valence-electron chi connectivity index (χ0n) is 19.4. The molecular weight excluding hydrogens is 442 g/mol. The van der Waals surface area contributed by atoms with Crippen molar-refractivity contribution in [1.29, 1.82) is 0 Å². The predicted molar refractivity (Wildman–Crippen MR) is 127 cm³/mol. The SMILES string of the molecule is COc1ccc(S(=O)(=O)N2CCC(C(=O)N/N=C\c3ccc(C(C)C)cc3)CC2)cc1OC. The van der Waals surface area contributed by atoms with E-state index in [9.17, 15) is 13.2 Å². The van der Waals surface area contributed by atoms with Gasteiger partial charge in [-0.15, -0.1) is 0 Å². The summed E-state index contributed by atoms with van der Waals surface area (Å²) >= 11 is 0. The van der Waals surface area contributed by atoms with E-state index in [1.165, 1.54) is 36.2 Å². The molecule has 0 radical (unpaired) electrons. The summed E-state index contributed by atoms with van der Waals surface area (Å²) in [5.41, 5.74) is 4.72. The molecule has 1 saturated heterocycles. The van der Waals surface area contributed by atoms with Crippen LogP contribution in [-0.4, -0.2) is 52.2 Å². The first-order chi connectivity index (χ1) is 15.8. The highest BCUT2D eigenvalue weighted by Crippen LogP contribution is 2.32. The third-order valence-corrected chi connectivity index (χ3v) is 7.70. The molecule has 0 bridgehead atoms. The van der Waals surface area contributed by atoms with Crippen molar-refractivity contribution in [1.82, 2.24) is 9.73 Å². The van der Waals surface area contributed by atoms with Gasteiger partial charge in [0, 0.05) is 25.1 Å². The molecule has 9 heteroatoms. The quantitative estimate of drug-likeness (QED) is 0.468. The Morgan fingerprint density at radius 3 is 2.27 bits per heavy atom. The van der Waals surface area contributed by atoms with Crippen LogP contribution in [0.25, 0.3) is 0 Å². The highest BCUT2D eigenvalue weighted by Gasteiger charge is 2.32. The van der Waals surface area contributed by atoms with E-state index >= 15 is 0 Å². The van der Waals surface area contributed by atoms with Crippen LogP contribution >= 0.6 is 0 Å². The number of carbonyl (C=O) groups is 1. The summed E-state index contributed by atoms with van der Waals surface area (Å²) in [5.74, 6) is 0.778. The summed E-state index contributed by atoms with van der Waals surface area (Å²) in [6.45, 7) is 4.78. The van der Waals surface area contributed by atoms with E-state index in [1.807, 2.05) is 24.3 Å². The van der Waals surface area contributed by atoms with Crippen LogP contribution in [0.5, 0.6) is 11.5 Å². The molecule has 1 aliphatic heterocycles. The van der Waals surface area contributed by atoms with Crippen molar-refractivity contribution in [3.63, 3.8) is 0 Å². The van der Waals surface area contributed by atoms with Gasteiger partial charge in [-0.3, -0.25) is 4.79 Å². The minimum absolute atomic E-state index is 0.135. The van der Waals surface area contributed by atoms with E-state index in [4.69, 9.17) is 9.47 Å². The van der Waals surface area contributed by atoms with Gasteiger partial charge >= 0.3 is 0 Å². The lowest BCUT2D eigenvalue weighted by Gasteiger charge is -2.30. The highest BCUT2D eigenvalue weighted by atomic mass is 32.2. The van der Waals surface area contributed by atoms with Crippen molar-refractivity contribution >= 4 is 22.1 Å². The Morgan fingerprint density at radius 1 is 1.06 bits per heavy atom. The monoisotopic (exact) mass is 473 g/mol. The van der Waals surface area contributed by atoms with Crippen molar-refractivity contribution in [3.8, 4) is 11.5 Å². The minimum Gasteiger partial charge on any atom is -0.493 e. The second kappa shape index (κ2) is 10.8. The Kier molecular flexibility index (Phi) is 8.10. The molecule has 1 heterocycles. The van der Waals surface area contributed by atoms with Crippen LogP contribution in [0.4, 0.5) is 0 Å². The Morgan fingerprint density at radius 2 is 1.70 bits per heavy atom. The van der Waals surface area contributed by atoms with E-state index < -0.39 is 10.0 Å². The molecular formula is C24H31N3O5S. The molecule has 33 heavy (non-hydrogen) atoms. The summed E-state index contributed by atoms with van der Waals surface area (Å²) in [7, 11) is -0.741. The second-order valence-corrected chi connectivity index (χ2v) is 10.2. The Balaban J connectivity index is 1.56. The molecule has 3 rings (SSSR count). The van der Waals surface area contributed by atoms with Crippen LogP contribution in [-0.2, 0) is 14.8 Å². The molecule has 1 N–H and O–H groups in total. The van der Waals surface area contributed by atoms with Gasteiger partial charge in [0.25, 0.3) is 0 Å².